The summed E-state index contributed by atoms with van der Waals surface area (Å²) in [5.41, 5.74) is 0.990. The molecular formula is C29H40O7. The van der Waals surface area contributed by atoms with E-state index in [4.69, 9.17) is 18.9 Å². The van der Waals surface area contributed by atoms with E-state index in [1.807, 2.05) is 18.2 Å². The van der Waals surface area contributed by atoms with Crippen LogP contribution in [0.1, 0.15) is 51.9 Å². The van der Waals surface area contributed by atoms with Gasteiger partial charge in [0.2, 0.25) is 0 Å². The van der Waals surface area contributed by atoms with Gasteiger partial charge in [0.1, 0.15) is 18.3 Å². The minimum Gasteiger partial charge on any atom is -0.456 e. The van der Waals surface area contributed by atoms with Gasteiger partial charge in [-0.3, -0.25) is 0 Å². The lowest BCUT2D eigenvalue weighted by molar-refractivity contribution is -0.148. The van der Waals surface area contributed by atoms with Crippen molar-refractivity contribution in [2.45, 2.75) is 101 Å². The molecule has 0 saturated carbocycles. The Morgan fingerprint density at radius 2 is 1.94 bits per heavy atom. The fraction of sp³-hybridized carbons (Fsp3) is 0.621. The van der Waals surface area contributed by atoms with Crippen molar-refractivity contribution in [1.29, 1.82) is 0 Å². The molecule has 0 amide bonds. The number of carbonyl (C=O) groups excluding carboxylic acids is 1. The summed E-state index contributed by atoms with van der Waals surface area (Å²) in [6.07, 6.45) is 16.2. The number of aliphatic hydroxyl groups excluding tert-OH is 2. The predicted octanol–water partition coefficient (Wildman–Crippen LogP) is 3.72. The van der Waals surface area contributed by atoms with Gasteiger partial charge in [-0.05, 0) is 44.4 Å². The number of rotatable bonds is 3. The number of cyclic esters (lactones) is 1. The SMILES string of the molecule is C=C1CC(C)C[C@@H]2CC=CC(C/C=C\C(=O)OC(C(O)/C=C/C3CC=CCO3)C[C@@H]3OC3[C@@H](O)C1)O2. The Bertz CT molecular complexity index is 875. The summed E-state index contributed by atoms with van der Waals surface area (Å²) in [5, 5.41) is 21.6. The van der Waals surface area contributed by atoms with Gasteiger partial charge in [-0.2, -0.15) is 0 Å². The van der Waals surface area contributed by atoms with Crippen LogP contribution in [0.2, 0.25) is 0 Å². The molecule has 1 saturated heterocycles. The first-order chi connectivity index (χ1) is 17.4. The molecule has 4 heterocycles. The zero-order chi connectivity index (χ0) is 25.5. The maximum Gasteiger partial charge on any atom is 0.330 e. The van der Waals surface area contributed by atoms with Gasteiger partial charge in [0.25, 0.3) is 0 Å². The number of ether oxygens (including phenoxy) is 4. The van der Waals surface area contributed by atoms with Crippen molar-refractivity contribution in [3.63, 3.8) is 0 Å². The molecule has 0 aromatic carbocycles. The second kappa shape index (κ2) is 13.0. The molecule has 0 aromatic rings. The molecule has 0 spiro atoms. The zero-order valence-corrected chi connectivity index (χ0v) is 21.1. The van der Waals surface area contributed by atoms with Crippen LogP contribution in [-0.4, -0.2) is 71.6 Å². The van der Waals surface area contributed by atoms with Crippen LogP contribution in [0.4, 0.5) is 0 Å². The standard InChI is InChI=1S/C29H40O7/c1-19-15-20(2)17-25(31)29-27(36-29)18-26(24(30)13-12-21-7-3-4-14-33-21)35-28(32)11-6-9-22-8-5-10-23(16-19)34-22/h3-6,8,11-13,19,21-27,29-31H,2,7,9-10,14-18H2,1H3/b11-6-,13-12+/t19?,21?,22?,23-,24?,25-,26?,27-,29?/m0/s1. The Hall–Kier alpha value is -2.03. The summed E-state index contributed by atoms with van der Waals surface area (Å²) in [6.45, 7) is 6.91. The minimum absolute atomic E-state index is 0.0848. The monoisotopic (exact) mass is 500 g/mol. The van der Waals surface area contributed by atoms with Gasteiger partial charge in [-0.15, -0.1) is 0 Å². The smallest absolute Gasteiger partial charge is 0.330 e. The van der Waals surface area contributed by atoms with Crippen LogP contribution >= 0.6 is 0 Å². The molecule has 2 N–H and O–H groups in total. The molecule has 0 aliphatic carbocycles. The number of hydrogen-bond donors (Lipinski definition) is 2. The normalized spacial score (nSPS) is 40.1. The number of fused-ring (bicyclic) bond motifs is 3. The van der Waals surface area contributed by atoms with E-state index in [9.17, 15) is 15.0 Å². The summed E-state index contributed by atoms with van der Waals surface area (Å²) in [6, 6.07) is 0. The molecule has 198 valence electrons. The first kappa shape index (κ1) is 27.0. The number of esters is 1. The van der Waals surface area contributed by atoms with Crippen LogP contribution in [0.15, 0.2) is 60.8 Å². The first-order valence-corrected chi connectivity index (χ1v) is 13.2. The maximum absolute atomic E-state index is 12.6. The highest BCUT2D eigenvalue weighted by atomic mass is 16.6. The van der Waals surface area contributed by atoms with E-state index in [-0.39, 0.29) is 36.9 Å². The van der Waals surface area contributed by atoms with Crippen LogP contribution < -0.4 is 0 Å². The van der Waals surface area contributed by atoms with Crippen LogP contribution in [0, 0.1) is 5.92 Å². The van der Waals surface area contributed by atoms with Crippen molar-refractivity contribution in [3.05, 3.63) is 60.8 Å². The van der Waals surface area contributed by atoms with E-state index in [1.165, 1.54) is 6.08 Å². The summed E-state index contributed by atoms with van der Waals surface area (Å²) in [4.78, 5) is 12.6. The zero-order valence-electron chi connectivity index (χ0n) is 21.1. The quantitative estimate of drug-likeness (QED) is 0.346. The highest BCUT2D eigenvalue weighted by Crippen LogP contribution is 2.34. The van der Waals surface area contributed by atoms with Gasteiger partial charge in [-0.1, -0.05) is 61.6 Å². The lowest BCUT2D eigenvalue weighted by atomic mass is 9.91. The third-order valence-corrected chi connectivity index (χ3v) is 7.12. The summed E-state index contributed by atoms with van der Waals surface area (Å²) in [5.74, 6) is -0.140. The molecule has 4 aliphatic rings. The largest absolute Gasteiger partial charge is 0.456 e. The molecular weight excluding hydrogens is 460 g/mol. The lowest BCUT2D eigenvalue weighted by Crippen LogP contribution is -2.32. The van der Waals surface area contributed by atoms with E-state index in [1.54, 1.807) is 18.2 Å². The number of carbonyl (C=O) groups is 1. The molecule has 0 aromatic heterocycles. The van der Waals surface area contributed by atoms with Crippen molar-refractivity contribution >= 4 is 5.97 Å². The van der Waals surface area contributed by atoms with Crippen molar-refractivity contribution in [3.8, 4) is 0 Å². The average Bonchev–Trinajstić information content (AvgIpc) is 3.62. The fourth-order valence-electron chi connectivity index (χ4n) is 5.24. The van der Waals surface area contributed by atoms with Gasteiger partial charge in [0.05, 0.1) is 37.1 Å². The van der Waals surface area contributed by atoms with Crippen molar-refractivity contribution in [1.82, 2.24) is 0 Å². The van der Waals surface area contributed by atoms with E-state index < -0.39 is 24.3 Å². The van der Waals surface area contributed by atoms with Crippen molar-refractivity contribution < 1.29 is 34.0 Å². The van der Waals surface area contributed by atoms with Crippen molar-refractivity contribution in [2.24, 2.45) is 5.92 Å². The second-order valence-corrected chi connectivity index (χ2v) is 10.5. The van der Waals surface area contributed by atoms with E-state index in [0.717, 1.165) is 31.3 Å². The molecule has 2 bridgehead atoms. The van der Waals surface area contributed by atoms with Gasteiger partial charge in [0, 0.05) is 12.5 Å². The van der Waals surface area contributed by atoms with Gasteiger partial charge in [0.15, 0.2) is 0 Å². The highest BCUT2D eigenvalue weighted by molar-refractivity contribution is 5.82. The molecule has 4 aliphatic heterocycles. The summed E-state index contributed by atoms with van der Waals surface area (Å²) >= 11 is 0. The van der Waals surface area contributed by atoms with Crippen LogP contribution in [-0.2, 0) is 23.7 Å². The van der Waals surface area contributed by atoms with E-state index in [0.29, 0.717) is 25.4 Å². The third kappa shape index (κ3) is 8.25. The number of epoxide rings is 1. The fourth-order valence-corrected chi connectivity index (χ4v) is 5.24. The Morgan fingerprint density at radius 3 is 2.75 bits per heavy atom. The Kier molecular flexibility index (Phi) is 9.73. The average molecular weight is 501 g/mol. The predicted molar refractivity (Wildman–Crippen MR) is 136 cm³/mol. The molecule has 0 radical (unpaired) electrons. The topological polar surface area (TPSA) is 97.8 Å². The van der Waals surface area contributed by atoms with Crippen LogP contribution in [0.25, 0.3) is 0 Å². The molecule has 1 fully saturated rings. The minimum atomic E-state index is -1.02. The Labute approximate surface area is 214 Å². The molecule has 36 heavy (non-hydrogen) atoms. The Morgan fingerprint density at radius 1 is 1.08 bits per heavy atom. The van der Waals surface area contributed by atoms with Gasteiger partial charge in [-0.25, -0.2) is 4.79 Å². The second-order valence-electron chi connectivity index (χ2n) is 10.5. The maximum atomic E-state index is 12.6. The molecule has 7 nitrogen and oxygen atoms in total. The number of hydrogen-bond acceptors (Lipinski definition) is 7. The summed E-state index contributed by atoms with van der Waals surface area (Å²) < 4.78 is 23.2. The lowest BCUT2D eigenvalue weighted by Gasteiger charge is -2.28. The summed E-state index contributed by atoms with van der Waals surface area (Å²) in [7, 11) is 0. The third-order valence-electron chi connectivity index (χ3n) is 7.12. The van der Waals surface area contributed by atoms with E-state index >= 15 is 0 Å². The highest BCUT2D eigenvalue weighted by Gasteiger charge is 2.46. The van der Waals surface area contributed by atoms with Gasteiger partial charge >= 0.3 is 5.97 Å². The van der Waals surface area contributed by atoms with Crippen molar-refractivity contribution in [2.75, 3.05) is 6.61 Å². The molecule has 7 heteroatoms. The van der Waals surface area contributed by atoms with Crippen LogP contribution in [0.3, 0.4) is 0 Å². The van der Waals surface area contributed by atoms with Gasteiger partial charge < -0.3 is 29.2 Å². The Balaban J connectivity index is 1.44. The van der Waals surface area contributed by atoms with Crippen LogP contribution in [0.5, 0.6) is 0 Å². The first-order valence-electron chi connectivity index (χ1n) is 13.2. The molecule has 6 unspecified atom stereocenters. The number of aliphatic hydroxyl groups is 2. The molecule has 4 rings (SSSR count). The van der Waals surface area contributed by atoms with E-state index in [2.05, 4.69) is 19.6 Å². The molecule has 9 atom stereocenters.